The van der Waals surface area contributed by atoms with Crippen molar-refractivity contribution in [3.05, 3.63) is 40.2 Å². The van der Waals surface area contributed by atoms with Crippen molar-refractivity contribution in [2.24, 2.45) is 0 Å². The number of nitrogens with one attached hydrogen (secondary N) is 1. The second-order valence-electron chi connectivity index (χ2n) is 4.62. The highest BCUT2D eigenvalue weighted by molar-refractivity contribution is 6.31. The summed E-state index contributed by atoms with van der Waals surface area (Å²) in [4.78, 5) is 13.7. The summed E-state index contributed by atoms with van der Waals surface area (Å²) in [6.07, 6.45) is 0. The van der Waals surface area contributed by atoms with Gasteiger partial charge in [0, 0.05) is 17.8 Å². The number of hydrogen-bond acceptors (Lipinski definition) is 3. The smallest absolute Gasteiger partial charge is 0.326 e. The van der Waals surface area contributed by atoms with Gasteiger partial charge in [0.15, 0.2) is 5.76 Å². The number of anilines is 2. The fourth-order valence-electron chi connectivity index (χ4n) is 1.76. The van der Waals surface area contributed by atoms with Gasteiger partial charge >= 0.3 is 6.03 Å². The van der Waals surface area contributed by atoms with Crippen molar-refractivity contribution in [3.8, 4) is 0 Å². The molecule has 0 fully saturated rings. The number of halogens is 1. The van der Waals surface area contributed by atoms with Crippen molar-refractivity contribution < 1.29 is 9.32 Å². The first kappa shape index (κ1) is 14.4. The second-order valence-corrected chi connectivity index (χ2v) is 5.03. The Bertz CT molecular complexity index is 632. The third kappa shape index (κ3) is 2.77. The van der Waals surface area contributed by atoms with Gasteiger partial charge in [-0.05, 0) is 38.5 Å². The van der Waals surface area contributed by atoms with Crippen LogP contribution in [0.1, 0.15) is 17.0 Å². The van der Waals surface area contributed by atoms with E-state index in [0.717, 1.165) is 5.56 Å². The molecule has 0 atom stereocenters. The van der Waals surface area contributed by atoms with E-state index in [1.807, 2.05) is 19.1 Å². The van der Waals surface area contributed by atoms with Crippen LogP contribution < -0.4 is 10.2 Å². The van der Waals surface area contributed by atoms with Gasteiger partial charge in [-0.1, -0.05) is 22.8 Å². The van der Waals surface area contributed by atoms with Crippen LogP contribution in [0.15, 0.2) is 22.7 Å². The number of amides is 2. The lowest BCUT2D eigenvalue weighted by atomic mass is 10.2. The summed E-state index contributed by atoms with van der Waals surface area (Å²) in [5.41, 5.74) is 2.92. The topological polar surface area (TPSA) is 58.4 Å². The highest BCUT2D eigenvalue weighted by Crippen LogP contribution is 2.24. The Morgan fingerprint density at radius 3 is 2.60 bits per heavy atom. The second kappa shape index (κ2) is 5.54. The lowest BCUT2D eigenvalue weighted by Gasteiger charge is -2.18. The van der Waals surface area contributed by atoms with Gasteiger partial charge in [-0.15, -0.1) is 0 Å². The first-order chi connectivity index (χ1) is 9.40. The highest BCUT2D eigenvalue weighted by atomic mass is 35.5. The van der Waals surface area contributed by atoms with Crippen molar-refractivity contribution in [1.82, 2.24) is 5.16 Å². The lowest BCUT2D eigenvalue weighted by Crippen LogP contribution is -2.31. The number of urea groups is 1. The first-order valence-corrected chi connectivity index (χ1v) is 6.51. The number of benzene rings is 1. The van der Waals surface area contributed by atoms with Crippen LogP contribution in [-0.4, -0.2) is 18.2 Å². The molecule has 0 aliphatic heterocycles. The zero-order valence-corrected chi connectivity index (χ0v) is 12.6. The third-order valence-corrected chi connectivity index (χ3v) is 3.52. The van der Waals surface area contributed by atoms with E-state index in [4.69, 9.17) is 16.1 Å². The summed E-state index contributed by atoms with van der Waals surface area (Å²) < 4.78 is 5.01. The van der Waals surface area contributed by atoms with Crippen LogP contribution >= 0.6 is 11.6 Å². The van der Waals surface area contributed by atoms with Crippen molar-refractivity contribution >= 4 is 29.0 Å². The van der Waals surface area contributed by atoms with Crippen molar-refractivity contribution in [3.63, 3.8) is 0 Å². The predicted molar refractivity (Wildman–Crippen MR) is 79.6 cm³/mol. The van der Waals surface area contributed by atoms with E-state index in [1.54, 1.807) is 27.0 Å². The molecular weight excluding hydrogens is 278 g/mol. The molecule has 1 aromatic heterocycles. The monoisotopic (exact) mass is 293 g/mol. The summed E-state index contributed by atoms with van der Waals surface area (Å²) in [6, 6.07) is 5.19. The molecule has 0 saturated carbocycles. The molecule has 0 saturated heterocycles. The highest BCUT2D eigenvalue weighted by Gasteiger charge is 2.16. The number of nitrogens with zero attached hydrogens (tertiary/aromatic N) is 2. The van der Waals surface area contributed by atoms with Crippen LogP contribution in [0, 0.1) is 20.8 Å². The number of carbonyl (C=O) groups is 1. The van der Waals surface area contributed by atoms with Gasteiger partial charge in [-0.2, -0.15) is 0 Å². The quantitative estimate of drug-likeness (QED) is 0.913. The van der Waals surface area contributed by atoms with Crippen molar-refractivity contribution in [1.29, 1.82) is 0 Å². The van der Waals surface area contributed by atoms with E-state index < -0.39 is 0 Å². The van der Waals surface area contributed by atoms with E-state index in [9.17, 15) is 4.79 Å². The normalized spacial score (nSPS) is 10.4. The Hall–Kier alpha value is -2.01. The average molecular weight is 294 g/mol. The molecule has 1 heterocycles. The number of hydrogen-bond donors (Lipinski definition) is 1. The van der Waals surface area contributed by atoms with Gasteiger partial charge in [-0.25, -0.2) is 4.79 Å². The van der Waals surface area contributed by atoms with Crippen LogP contribution in [-0.2, 0) is 0 Å². The average Bonchev–Trinajstić information content (AvgIpc) is 2.72. The summed E-state index contributed by atoms with van der Waals surface area (Å²) in [7, 11) is 1.68. The van der Waals surface area contributed by atoms with E-state index in [-0.39, 0.29) is 6.03 Å². The molecule has 6 heteroatoms. The molecule has 1 N–H and O–H groups in total. The van der Waals surface area contributed by atoms with Gasteiger partial charge in [0.25, 0.3) is 0 Å². The molecule has 0 aliphatic carbocycles. The standard InChI is InChI=1S/C14H16ClN3O2/c1-8-5-6-11(7-12(8)15)18(4)14(19)16-13-9(2)17-20-10(13)3/h5-7H,1-4H3,(H,16,19). The maximum Gasteiger partial charge on any atom is 0.326 e. The Labute approximate surface area is 122 Å². The third-order valence-electron chi connectivity index (χ3n) is 3.11. The number of rotatable bonds is 2. The molecule has 2 aromatic rings. The largest absolute Gasteiger partial charge is 0.359 e. The van der Waals surface area contributed by atoms with E-state index in [0.29, 0.717) is 27.9 Å². The van der Waals surface area contributed by atoms with E-state index in [1.165, 1.54) is 4.90 Å². The predicted octanol–water partition coefficient (Wildman–Crippen LogP) is 3.92. The fourth-order valence-corrected chi connectivity index (χ4v) is 1.93. The molecule has 20 heavy (non-hydrogen) atoms. The SMILES string of the molecule is Cc1ccc(N(C)C(=O)Nc2c(C)noc2C)cc1Cl. The maximum absolute atomic E-state index is 12.2. The lowest BCUT2D eigenvalue weighted by molar-refractivity contribution is 0.258. The molecular formula is C14H16ClN3O2. The summed E-state index contributed by atoms with van der Waals surface area (Å²) in [5, 5.41) is 7.20. The van der Waals surface area contributed by atoms with Gasteiger partial charge < -0.3 is 9.84 Å². The zero-order chi connectivity index (χ0) is 14.9. The van der Waals surface area contributed by atoms with E-state index in [2.05, 4.69) is 10.5 Å². The molecule has 1 aromatic carbocycles. The minimum absolute atomic E-state index is 0.278. The number of aryl methyl sites for hydroxylation is 3. The zero-order valence-electron chi connectivity index (χ0n) is 11.8. The molecule has 0 unspecified atom stereocenters. The Balaban J connectivity index is 2.18. The molecule has 0 bridgehead atoms. The Morgan fingerprint density at radius 2 is 2.05 bits per heavy atom. The number of carbonyl (C=O) groups excluding carboxylic acids is 1. The first-order valence-electron chi connectivity index (χ1n) is 6.14. The van der Waals surface area contributed by atoms with Crippen LogP contribution in [0.4, 0.5) is 16.2 Å². The van der Waals surface area contributed by atoms with Crippen LogP contribution in [0.25, 0.3) is 0 Å². The van der Waals surface area contributed by atoms with Gasteiger partial charge in [0.1, 0.15) is 11.4 Å². The molecule has 0 spiro atoms. The minimum atomic E-state index is -0.278. The Kier molecular flexibility index (Phi) is 3.99. The molecule has 5 nitrogen and oxygen atoms in total. The number of aromatic nitrogens is 1. The molecule has 2 rings (SSSR count). The fraction of sp³-hybridized carbons (Fsp3) is 0.286. The molecule has 2 amide bonds. The van der Waals surface area contributed by atoms with Gasteiger partial charge in [0.2, 0.25) is 0 Å². The Morgan fingerprint density at radius 1 is 1.35 bits per heavy atom. The maximum atomic E-state index is 12.2. The van der Waals surface area contributed by atoms with Gasteiger partial charge in [-0.3, -0.25) is 4.90 Å². The van der Waals surface area contributed by atoms with Gasteiger partial charge in [0.05, 0.1) is 0 Å². The minimum Gasteiger partial charge on any atom is -0.359 e. The van der Waals surface area contributed by atoms with E-state index >= 15 is 0 Å². The summed E-state index contributed by atoms with van der Waals surface area (Å²) in [5.74, 6) is 0.575. The summed E-state index contributed by atoms with van der Waals surface area (Å²) >= 11 is 6.07. The van der Waals surface area contributed by atoms with Crippen LogP contribution in [0.2, 0.25) is 5.02 Å². The van der Waals surface area contributed by atoms with Crippen LogP contribution in [0.3, 0.4) is 0 Å². The molecule has 0 aliphatic rings. The van der Waals surface area contributed by atoms with Crippen LogP contribution in [0.5, 0.6) is 0 Å². The molecule has 0 radical (unpaired) electrons. The summed E-state index contributed by atoms with van der Waals surface area (Å²) in [6.45, 7) is 5.43. The van der Waals surface area contributed by atoms with Crippen molar-refractivity contribution in [2.75, 3.05) is 17.3 Å². The molecule has 106 valence electrons. The van der Waals surface area contributed by atoms with Crippen molar-refractivity contribution in [2.45, 2.75) is 20.8 Å².